The highest BCUT2D eigenvalue weighted by Crippen LogP contribution is 2.14. The minimum atomic E-state index is 0.557. The van der Waals surface area contributed by atoms with Gasteiger partial charge < -0.3 is 0 Å². The average molecular weight is 230 g/mol. The quantitative estimate of drug-likeness (QED) is 0.740. The number of nitriles is 2. The van der Waals surface area contributed by atoms with Crippen LogP contribution in [0.1, 0.15) is 22.3 Å². The molecular weight excluding hydrogens is 220 g/mol. The highest BCUT2D eigenvalue weighted by Gasteiger charge is 2.00. The molecule has 0 atom stereocenters. The molecule has 0 saturated heterocycles. The van der Waals surface area contributed by atoms with E-state index in [-0.39, 0.29) is 0 Å². The average Bonchev–Trinajstić information content (AvgIpc) is 2.45. The maximum atomic E-state index is 9.01. The van der Waals surface area contributed by atoms with Gasteiger partial charge >= 0.3 is 0 Å². The summed E-state index contributed by atoms with van der Waals surface area (Å²) in [5, 5.41) is 17.9. The molecule has 2 heteroatoms. The summed E-state index contributed by atoms with van der Waals surface area (Å²) in [4.78, 5) is 0. The summed E-state index contributed by atoms with van der Waals surface area (Å²) >= 11 is 0. The Morgan fingerprint density at radius 1 is 0.833 bits per heavy atom. The fourth-order valence-corrected chi connectivity index (χ4v) is 1.62. The molecular formula is C16H10N2. The second-order valence-corrected chi connectivity index (χ2v) is 3.77. The van der Waals surface area contributed by atoms with E-state index in [1.165, 1.54) is 0 Å². The normalized spacial score (nSPS) is 9.89. The molecule has 2 rings (SSSR count). The lowest BCUT2D eigenvalue weighted by Gasteiger charge is -1.98. The molecule has 18 heavy (non-hydrogen) atoms. The molecule has 2 aromatic carbocycles. The predicted molar refractivity (Wildman–Crippen MR) is 71.2 cm³/mol. The van der Waals surface area contributed by atoms with Crippen molar-refractivity contribution >= 4 is 12.2 Å². The van der Waals surface area contributed by atoms with E-state index in [0.29, 0.717) is 11.1 Å². The summed E-state index contributed by atoms with van der Waals surface area (Å²) in [5.74, 6) is 0. The maximum Gasteiger partial charge on any atom is 0.0997 e. The van der Waals surface area contributed by atoms with Gasteiger partial charge in [0.25, 0.3) is 0 Å². The van der Waals surface area contributed by atoms with Crippen LogP contribution in [0.25, 0.3) is 12.2 Å². The van der Waals surface area contributed by atoms with Gasteiger partial charge in [-0.1, -0.05) is 42.5 Å². The van der Waals surface area contributed by atoms with E-state index in [0.717, 1.165) is 11.1 Å². The van der Waals surface area contributed by atoms with Gasteiger partial charge in [-0.25, -0.2) is 0 Å². The van der Waals surface area contributed by atoms with Crippen molar-refractivity contribution in [2.75, 3.05) is 0 Å². The fourth-order valence-electron chi connectivity index (χ4n) is 1.62. The zero-order valence-electron chi connectivity index (χ0n) is 9.67. The van der Waals surface area contributed by atoms with Gasteiger partial charge in [0.15, 0.2) is 0 Å². The molecule has 0 heterocycles. The van der Waals surface area contributed by atoms with Gasteiger partial charge in [-0.15, -0.1) is 0 Å². The Hall–Kier alpha value is -2.84. The number of hydrogen-bond donors (Lipinski definition) is 0. The minimum absolute atomic E-state index is 0.557. The highest BCUT2D eigenvalue weighted by atomic mass is 14.3. The molecule has 0 aliphatic heterocycles. The third-order valence-electron chi connectivity index (χ3n) is 2.56. The van der Waals surface area contributed by atoms with Crippen molar-refractivity contribution in [3.63, 3.8) is 0 Å². The molecule has 0 aromatic heterocycles. The van der Waals surface area contributed by atoms with Crippen LogP contribution in [-0.2, 0) is 0 Å². The second kappa shape index (κ2) is 5.48. The van der Waals surface area contributed by atoms with Crippen LogP contribution in [0.5, 0.6) is 0 Å². The summed E-state index contributed by atoms with van der Waals surface area (Å²) < 4.78 is 0. The Balaban J connectivity index is 2.37. The van der Waals surface area contributed by atoms with E-state index in [1.54, 1.807) is 18.2 Å². The lowest BCUT2D eigenvalue weighted by atomic mass is 10.0. The van der Waals surface area contributed by atoms with Crippen LogP contribution in [0.4, 0.5) is 0 Å². The van der Waals surface area contributed by atoms with E-state index in [9.17, 15) is 0 Å². The first-order chi connectivity index (χ1) is 8.83. The topological polar surface area (TPSA) is 47.6 Å². The zero-order valence-corrected chi connectivity index (χ0v) is 9.67. The zero-order chi connectivity index (χ0) is 12.8. The van der Waals surface area contributed by atoms with Crippen molar-refractivity contribution in [2.45, 2.75) is 0 Å². The first kappa shape index (κ1) is 11.6. The van der Waals surface area contributed by atoms with Gasteiger partial charge in [0.2, 0.25) is 0 Å². The lowest BCUT2D eigenvalue weighted by Crippen LogP contribution is -1.84. The van der Waals surface area contributed by atoms with E-state index in [2.05, 4.69) is 12.1 Å². The SMILES string of the molecule is N#Cc1ccc(C#N)c(C=Cc2ccccc2)c1. The highest BCUT2D eigenvalue weighted by molar-refractivity contribution is 5.73. The smallest absolute Gasteiger partial charge is 0.0997 e. The Morgan fingerprint density at radius 2 is 1.61 bits per heavy atom. The van der Waals surface area contributed by atoms with Crippen LogP contribution in [0.2, 0.25) is 0 Å². The minimum Gasteiger partial charge on any atom is -0.192 e. The fraction of sp³-hybridized carbons (Fsp3) is 0. The first-order valence-electron chi connectivity index (χ1n) is 5.51. The van der Waals surface area contributed by atoms with Gasteiger partial charge in [-0.05, 0) is 29.3 Å². The molecule has 0 amide bonds. The Kier molecular flexibility index (Phi) is 3.54. The van der Waals surface area contributed by atoms with E-state index < -0.39 is 0 Å². The number of benzene rings is 2. The molecule has 0 fully saturated rings. The van der Waals surface area contributed by atoms with Crippen LogP contribution in [0.15, 0.2) is 48.5 Å². The monoisotopic (exact) mass is 230 g/mol. The summed E-state index contributed by atoms with van der Waals surface area (Å²) in [6, 6.07) is 19.1. The summed E-state index contributed by atoms with van der Waals surface area (Å²) in [7, 11) is 0. The summed E-state index contributed by atoms with van der Waals surface area (Å²) in [6.07, 6.45) is 3.78. The summed E-state index contributed by atoms with van der Waals surface area (Å²) in [6.45, 7) is 0. The van der Waals surface area contributed by atoms with Gasteiger partial charge in [0, 0.05) is 0 Å². The van der Waals surface area contributed by atoms with Crippen molar-refractivity contribution in [3.8, 4) is 12.1 Å². The van der Waals surface area contributed by atoms with Gasteiger partial charge in [0.05, 0.1) is 23.3 Å². The number of hydrogen-bond acceptors (Lipinski definition) is 2. The van der Waals surface area contributed by atoms with Crippen LogP contribution in [-0.4, -0.2) is 0 Å². The van der Waals surface area contributed by atoms with Crippen molar-refractivity contribution in [2.24, 2.45) is 0 Å². The molecule has 0 aliphatic carbocycles. The largest absolute Gasteiger partial charge is 0.192 e. The Labute approximate surface area is 106 Å². The van der Waals surface area contributed by atoms with Gasteiger partial charge in [-0.3, -0.25) is 0 Å². The standard InChI is InChI=1S/C16H10N2/c17-11-14-7-9-16(12-18)15(10-14)8-6-13-4-2-1-3-5-13/h1-10H. The Bertz CT molecular complexity index is 656. The molecule has 0 spiro atoms. The Morgan fingerprint density at radius 3 is 2.28 bits per heavy atom. The van der Waals surface area contributed by atoms with Crippen molar-refractivity contribution < 1.29 is 0 Å². The van der Waals surface area contributed by atoms with Crippen LogP contribution < -0.4 is 0 Å². The van der Waals surface area contributed by atoms with E-state index >= 15 is 0 Å². The molecule has 0 saturated carbocycles. The molecule has 84 valence electrons. The third kappa shape index (κ3) is 2.64. The van der Waals surface area contributed by atoms with Gasteiger partial charge in [0.1, 0.15) is 0 Å². The van der Waals surface area contributed by atoms with Crippen molar-refractivity contribution in [3.05, 3.63) is 70.8 Å². The van der Waals surface area contributed by atoms with E-state index in [1.807, 2.05) is 42.5 Å². The van der Waals surface area contributed by atoms with Gasteiger partial charge in [-0.2, -0.15) is 10.5 Å². The molecule has 2 nitrogen and oxygen atoms in total. The molecule has 0 aliphatic rings. The maximum absolute atomic E-state index is 9.01. The third-order valence-corrected chi connectivity index (χ3v) is 2.56. The predicted octanol–water partition coefficient (Wildman–Crippen LogP) is 3.60. The summed E-state index contributed by atoms with van der Waals surface area (Å²) in [5.41, 5.74) is 2.95. The van der Waals surface area contributed by atoms with Crippen molar-refractivity contribution in [1.82, 2.24) is 0 Å². The second-order valence-electron chi connectivity index (χ2n) is 3.77. The van der Waals surface area contributed by atoms with Crippen LogP contribution in [0.3, 0.4) is 0 Å². The molecule has 2 aromatic rings. The van der Waals surface area contributed by atoms with Crippen LogP contribution in [0, 0.1) is 22.7 Å². The number of nitrogens with zero attached hydrogens (tertiary/aromatic N) is 2. The van der Waals surface area contributed by atoms with Crippen molar-refractivity contribution in [1.29, 1.82) is 10.5 Å². The molecule has 0 N–H and O–H groups in total. The lowest BCUT2D eigenvalue weighted by molar-refractivity contribution is 1.44. The number of rotatable bonds is 2. The van der Waals surface area contributed by atoms with E-state index in [4.69, 9.17) is 10.5 Å². The molecule has 0 radical (unpaired) electrons. The molecule has 0 unspecified atom stereocenters. The van der Waals surface area contributed by atoms with Crippen LogP contribution >= 0.6 is 0 Å². The first-order valence-corrected chi connectivity index (χ1v) is 5.51. The molecule has 0 bridgehead atoms.